The van der Waals surface area contributed by atoms with Gasteiger partial charge in [-0.3, -0.25) is 0 Å². The predicted octanol–water partition coefficient (Wildman–Crippen LogP) is 1.75. The van der Waals surface area contributed by atoms with Crippen molar-refractivity contribution in [2.75, 3.05) is 13.2 Å². The first-order valence-electron chi connectivity index (χ1n) is 5.87. The lowest BCUT2D eigenvalue weighted by Crippen LogP contribution is -2.46. The maximum absolute atomic E-state index is 5.90. The molecule has 1 aromatic carbocycles. The normalized spacial score (nSPS) is 28.0. The van der Waals surface area contributed by atoms with Gasteiger partial charge in [0.05, 0.1) is 6.61 Å². The molecule has 3 heteroatoms. The van der Waals surface area contributed by atoms with Gasteiger partial charge >= 0.3 is 0 Å². The zero-order chi connectivity index (χ0) is 10.5. The van der Waals surface area contributed by atoms with Gasteiger partial charge in [0.25, 0.3) is 0 Å². The number of fused-ring (bicyclic) bond motifs is 2. The first-order chi connectivity index (χ1) is 7.93. The molecule has 0 spiro atoms. The third kappa shape index (κ3) is 1.05. The highest BCUT2D eigenvalue weighted by molar-refractivity contribution is 5.88. The van der Waals surface area contributed by atoms with Crippen LogP contribution in [0, 0.1) is 0 Å². The van der Waals surface area contributed by atoms with E-state index in [9.17, 15) is 0 Å². The number of ether oxygens (including phenoxy) is 1. The number of nitrogens with one attached hydrogen (secondary N) is 2. The Morgan fingerprint density at radius 1 is 1.31 bits per heavy atom. The molecule has 2 atom stereocenters. The van der Waals surface area contributed by atoms with E-state index in [-0.39, 0.29) is 6.10 Å². The Hall–Kier alpha value is -1.32. The smallest absolute Gasteiger partial charge is 0.100 e. The zero-order valence-electron chi connectivity index (χ0n) is 8.99. The van der Waals surface area contributed by atoms with Crippen LogP contribution in [0.3, 0.4) is 0 Å². The van der Waals surface area contributed by atoms with Crippen molar-refractivity contribution in [3.8, 4) is 0 Å². The predicted molar refractivity (Wildman–Crippen MR) is 62.5 cm³/mol. The van der Waals surface area contributed by atoms with Crippen molar-refractivity contribution in [3.05, 3.63) is 35.5 Å². The Kier molecular flexibility index (Phi) is 1.70. The molecule has 82 valence electrons. The second kappa shape index (κ2) is 3.09. The Morgan fingerprint density at radius 2 is 2.31 bits per heavy atom. The summed E-state index contributed by atoms with van der Waals surface area (Å²) in [5.74, 6) is 0. The lowest BCUT2D eigenvalue weighted by molar-refractivity contribution is -0.00621. The molecule has 3 nitrogen and oxygen atoms in total. The van der Waals surface area contributed by atoms with Crippen molar-refractivity contribution >= 4 is 10.9 Å². The van der Waals surface area contributed by atoms with E-state index in [1.807, 2.05) is 0 Å². The van der Waals surface area contributed by atoms with Gasteiger partial charge < -0.3 is 15.0 Å². The number of hydrogen-bond donors (Lipinski definition) is 2. The molecule has 2 heterocycles. The van der Waals surface area contributed by atoms with E-state index in [1.165, 1.54) is 22.0 Å². The van der Waals surface area contributed by atoms with Crippen LogP contribution in [0.4, 0.5) is 0 Å². The number of aromatic amines is 1. The fourth-order valence-electron chi connectivity index (χ4n) is 3.06. The average Bonchev–Trinajstić information content (AvgIpc) is 2.76. The molecular weight excluding hydrogens is 200 g/mol. The van der Waals surface area contributed by atoms with Crippen molar-refractivity contribution in [3.63, 3.8) is 0 Å². The first-order valence-corrected chi connectivity index (χ1v) is 5.87. The van der Waals surface area contributed by atoms with Crippen LogP contribution in [0.15, 0.2) is 24.4 Å². The van der Waals surface area contributed by atoms with Crippen LogP contribution in [-0.2, 0) is 11.2 Å². The molecular formula is C13H14N2O. The average molecular weight is 214 g/mol. The first kappa shape index (κ1) is 8.79. The summed E-state index contributed by atoms with van der Waals surface area (Å²) in [5.41, 5.74) is 4.00. The van der Waals surface area contributed by atoms with E-state index in [0.717, 1.165) is 19.6 Å². The maximum atomic E-state index is 5.90. The molecule has 0 bridgehead atoms. The van der Waals surface area contributed by atoms with Crippen molar-refractivity contribution in [1.82, 2.24) is 10.3 Å². The Balaban J connectivity index is 1.97. The Morgan fingerprint density at radius 3 is 3.31 bits per heavy atom. The van der Waals surface area contributed by atoms with Crippen LogP contribution >= 0.6 is 0 Å². The van der Waals surface area contributed by atoms with Gasteiger partial charge in [-0.15, -0.1) is 0 Å². The fraction of sp³-hybridized carbons (Fsp3) is 0.385. The van der Waals surface area contributed by atoms with Crippen LogP contribution in [0.5, 0.6) is 0 Å². The van der Waals surface area contributed by atoms with E-state index in [0.29, 0.717) is 6.04 Å². The van der Waals surface area contributed by atoms with Crippen LogP contribution in [-0.4, -0.2) is 24.2 Å². The second-order valence-electron chi connectivity index (χ2n) is 4.64. The van der Waals surface area contributed by atoms with Gasteiger partial charge in [0, 0.05) is 35.2 Å². The Labute approximate surface area is 93.8 Å². The van der Waals surface area contributed by atoms with E-state index in [4.69, 9.17) is 4.74 Å². The van der Waals surface area contributed by atoms with Crippen molar-refractivity contribution in [2.45, 2.75) is 18.6 Å². The van der Waals surface area contributed by atoms with Crippen LogP contribution < -0.4 is 5.32 Å². The van der Waals surface area contributed by atoms with Crippen molar-refractivity contribution in [2.24, 2.45) is 0 Å². The summed E-state index contributed by atoms with van der Waals surface area (Å²) >= 11 is 0. The fourth-order valence-corrected chi connectivity index (χ4v) is 3.06. The van der Waals surface area contributed by atoms with Crippen LogP contribution in [0.25, 0.3) is 10.9 Å². The van der Waals surface area contributed by atoms with Gasteiger partial charge in [-0.05, 0) is 18.1 Å². The number of morpholine rings is 1. The van der Waals surface area contributed by atoms with Gasteiger partial charge in [-0.25, -0.2) is 0 Å². The van der Waals surface area contributed by atoms with Gasteiger partial charge in [-0.1, -0.05) is 12.1 Å². The summed E-state index contributed by atoms with van der Waals surface area (Å²) in [6.45, 7) is 1.78. The molecule has 1 saturated heterocycles. The van der Waals surface area contributed by atoms with E-state index >= 15 is 0 Å². The van der Waals surface area contributed by atoms with Crippen molar-refractivity contribution < 1.29 is 4.74 Å². The molecule has 4 rings (SSSR count). The number of benzene rings is 1. The molecule has 2 N–H and O–H groups in total. The highest BCUT2D eigenvalue weighted by Gasteiger charge is 2.33. The summed E-state index contributed by atoms with van der Waals surface area (Å²) < 4.78 is 5.90. The highest BCUT2D eigenvalue weighted by Crippen LogP contribution is 2.38. The second-order valence-corrected chi connectivity index (χ2v) is 4.64. The van der Waals surface area contributed by atoms with E-state index < -0.39 is 0 Å². The molecule has 16 heavy (non-hydrogen) atoms. The SMILES string of the molecule is c1cc2c3c(c[nH]c3c1)C1OCCNC1C2. The summed E-state index contributed by atoms with van der Waals surface area (Å²) in [6.07, 6.45) is 3.42. The maximum Gasteiger partial charge on any atom is 0.100 e. The number of H-pyrrole nitrogens is 1. The van der Waals surface area contributed by atoms with Crippen LogP contribution in [0.2, 0.25) is 0 Å². The molecule has 1 aromatic heterocycles. The van der Waals surface area contributed by atoms with E-state index in [1.54, 1.807) is 0 Å². The largest absolute Gasteiger partial charge is 0.370 e. The number of aromatic nitrogens is 1. The molecule has 2 aromatic rings. The number of hydrogen-bond acceptors (Lipinski definition) is 2. The summed E-state index contributed by atoms with van der Waals surface area (Å²) in [4.78, 5) is 3.35. The lowest BCUT2D eigenvalue weighted by Gasteiger charge is -2.36. The molecule has 0 amide bonds. The third-order valence-electron chi connectivity index (χ3n) is 3.74. The third-order valence-corrected chi connectivity index (χ3v) is 3.74. The zero-order valence-corrected chi connectivity index (χ0v) is 8.99. The molecule has 1 aliphatic heterocycles. The molecule has 1 aliphatic carbocycles. The molecule has 1 fully saturated rings. The minimum Gasteiger partial charge on any atom is -0.370 e. The molecule has 2 aliphatic rings. The summed E-state index contributed by atoms with van der Waals surface area (Å²) in [6, 6.07) is 6.94. The molecule has 0 saturated carbocycles. The summed E-state index contributed by atoms with van der Waals surface area (Å²) in [7, 11) is 0. The van der Waals surface area contributed by atoms with Crippen LogP contribution in [0.1, 0.15) is 17.2 Å². The standard InChI is InChI=1S/C13H14N2O/c1-2-8-6-11-13(16-5-4-14-11)9-7-15-10(3-1)12(8)9/h1-3,7,11,13-15H,4-6H2. The van der Waals surface area contributed by atoms with Gasteiger partial charge in [0.2, 0.25) is 0 Å². The minimum atomic E-state index is 0.234. The number of rotatable bonds is 0. The quantitative estimate of drug-likeness (QED) is 0.701. The molecule has 2 unspecified atom stereocenters. The molecule has 0 radical (unpaired) electrons. The minimum absolute atomic E-state index is 0.234. The highest BCUT2D eigenvalue weighted by atomic mass is 16.5. The van der Waals surface area contributed by atoms with Gasteiger partial charge in [-0.2, -0.15) is 0 Å². The van der Waals surface area contributed by atoms with Gasteiger partial charge in [0.15, 0.2) is 0 Å². The summed E-state index contributed by atoms with van der Waals surface area (Å²) in [5, 5.41) is 4.94. The van der Waals surface area contributed by atoms with Crippen molar-refractivity contribution in [1.29, 1.82) is 0 Å². The van der Waals surface area contributed by atoms with Gasteiger partial charge in [0.1, 0.15) is 6.10 Å². The lowest BCUT2D eigenvalue weighted by atomic mass is 9.86. The monoisotopic (exact) mass is 214 g/mol. The van der Waals surface area contributed by atoms with E-state index in [2.05, 4.69) is 34.7 Å². The topological polar surface area (TPSA) is 37.0 Å². The Bertz CT molecular complexity index is 546.